The molecule has 0 bridgehead atoms. The summed E-state index contributed by atoms with van der Waals surface area (Å²) in [5.74, 6) is 0.632. The van der Waals surface area contributed by atoms with Crippen LogP contribution in [0.25, 0.3) is 0 Å². The van der Waals surface area contributed by atoms with Gasteiger partial charge in [0.25, 0.3) is 5.56 Å². The third-order valence-electron chi connectivity index (χ3n) is 3.98. The van der Waals surface area contributed by atoms with E-state index in [0.717, 1.165) is 18.5 Å². The Morgan fingerprint density at radius 3 is 2.79 bits per heavy atom. The molecular weight excluding hydrogens is 236 g/mol. The molecule has 0 atom stereocenters. The van der Waals surface area contributed by atoms with Gasteiger partial charge in [-0.15, -0.1) is 0 Å². The van der Waals surface area contributed by atoms with Gasteiger partial charge in [-0.2, -0.15) is 0 Å². The van der Waals surface area contributed by atoms with Crippen molar-refractivity contribution < 1.29 is 0 Å². The molecule has 0 radical (unpaired) electrons. The van der Waals surface area contributed by atoms with Crippen molar-refractivity contribution in [3.05, 3.63) is 34.2 Å². The third-order valence-corrected chi connectivity index (χ3v) is 3.98. The van der Waals surface area contributed by atoms with Crippen LogP contribution >= 0.6 is 0 Å². The maximum Gasteiger partial charge on any atom is 0.255 e. The second-order valence-corrected chi connectivity index (χ2v) is 6.08. The first-order valence-corrected chi connectivity index (χ1v) is 7.58. The lowest BCUT2D eigenvalue weighted by Crippen LogP contribution is -2.31. The van der Waals surface area contributed by atoms with Crippen LogP contribution in [0.4, 0.5) is 0 Å². The van der Waals surface area contributed by atoms with E-state index in [1.165, 1.54) is 25.7 Å². The van der Waals surface area contributed by atoms with E-state index in [4.69, 9.17) is 0 Å². The van der Waals surface area contributed by atoms with Gasteiger partial charge in [-0.25, -0.2) is 0 Å². The molecule has 106 valence electrons. The lowest BCUT2D eigenvalue weighted by molar-refractivity contribution is 0.497. The van der Waals surface area contributed by atoms with E-state index in [9.17, 15) is 4.79 Å². The number of nitrogens with zero attached hydrogens (tertiary/aromatic N) is 1. The summed E-state index contributed by atoms with van der Waals surface area (Å²) in [6.45, 7) is 5.92. The Balaban J connectivity index is 1.96. The van der Waals surface area contributed by atoms with E-state index < -0.39 is 0 Å². The summed E-state index contributed by atoms with van der Waals surface area (Å²) in [7, 11) is 0. The van der Waals surface area contributed by atoms with Gasteiger partial charge < -0.3 is 9.88 Å². The molecule has 1 saturated carbocycles. The van der Waals surface area contributed by atoms with E-state index in [1.807, 2.05) is 22.9 Å². The highest BCUT2D eigenvalue weighted by Gasteiger charge is 2.14. The van der Waals surface area contributed by atoms with Crippen molar-refractivity contribution in [2.45, 2.75) is 65.1 Å². The lowest BCUT2D eigenvalue weighted by atomic mass is 10.1. The molecule has 0 aromatic carbocycles. The summed E-state index contributed by atoms with van der Waals surface area (Å²) in [4.78, 5) is 12.3. The van der Waals surface area contributed by atoms with E-state index in [0.29, 0.717) is 18.5 Å². The summed E-state index contributed by atoms with van der Waals surface area (Å²) in [5.41, 5.74) is 1.08. The van der Waals surface area contributed by atoms with Crippen LogP contribution in [-0.2, 0) is 13.1 Å². The quantitative estimate of drug-likeness (QED) is 0.855. The topological polar surface area (TPSA) is 34.0 Å². The molecule has 1 aliphatic carbocycles. The molecule has 2 rings (SSSR count). The molecule has 0 saturated heterocycles. The van der Waals surface area contributed by atoms with Crippen molar-refractivity contribution in [3.8, 4) is 0 Å². The number of rotatable bonds is 6. The minimum Gasteiger partial charge on any atom is -0.315 e. The largest absolute Gasteiger partial charge is 0.315 e. The molecule has 1 heterocycles. The summed E-state index contributed by atoms with van der Waals surface area (Å²) < 4.78 is 1.85. The standard InChI is InChI=1S/C16H26N2O/c1-13(2)9-11-18-10-5-6-14(16(18)19)12-17-15-7-3-4-8-15/h5-6,10,13,15,17H,3-4,7-9,11-12H2,1-2H3. The number of hydrogen-bond acceptors (Lipinski definition) is 2. The fourth-order valence-corrected chi connectivity index (χ4v) is 2.68. The summed E-state index contributed by atoms with van der Waals surface area (Å²) >= 11 is 0. The highest BCUT2D eigenvalue weighted by atomic mass is 16.1. The van der Waals surface area contributed by atoms with Crippen LogP contribution in [-0.4, -0.2) is 10.6 Å². The summed E-state index contributed by atoms with van der Waals surface area (Å²) in [5, 5.41) is 3.52. The van der Waals surface area contributed by atoms with Crippen molar-refractivity contribution >= 4 is 0 Å². The van der Waals surface area contributed by atoms with Crippen LogP contribution in [0.2, 0.25) is 0 Å². The van der Waals surface area contributed by atoms with E-state index >= 15 is 0 Å². The molecule has 0 unspecified atom stereocenters. The minimum absolute atomic E-state index is 0.175. The van der Waals surface area contributed by atoms with Crippen LogP contribution < -0.4 is 10.9 Å². The maximum atomic E-state index is 12.3. The first-order chi connectivity index (χ1) is 9.16. The summed E-state index contributed by atoms with van der Waals surface area (Å²) in [6, 6.07) is 4.56. The molecule has 3 nitrogen and oxygen atoms in total. The normalized spacial score (nSPS) is 16.4. The SMILES string of the molecule is CC(C)CCn1cccc(CNC2CCCC2)c1=O. The van der Waals surface area contributed by atoms with Crippen molar-refractivity contribution in [1.29, 1.82) is 0 Å². The van der Waals surface area contributed by atoms with Crippen molar-refractivity contribution in [1.82, 2.24) is 9.88 Å². The van der Waals surface area contributed by atoms with Crippen LogP contribution in [0.1, 0.15) is 51.5 Å². The predicted octanol–water partition coefficient (Wildman–Crippen LogP) is 2.93. The van der Waals surface area contributed by atoms with Gasteiger partial charge in [-0.1, -0.05) is 32.8 Å². The Morgan fingerprint density at radius 2 is 2.11 bits per heavy atom. The van der Waals surface area contributed by atoms with Crippen LogP contribution in [0.5, 0.6) is 0 Å². The first-order valence-electron chi connectivity index (χ1n) is 7.58. The van der Waals surface area contributed by atoms with Gasteiger partial charge in [0.1, 0.15) is 0 Å². The van der Waals surface area contributed by atoms with Gasteiger partial charge in [0.05, 0.1) is 0 Å². The lowest BCUT2D eigenvalue weighted by Gasteiger charge is -2.13. The Kier molecular flexibility index (Phi) is 5.20. The Hall–Kier alpha value is -1.09. The molecule has 0 spiro atoms. The number of nitrogens with one attached hydrogen (secondary N) is 1. The van der Waals surface area contributed by atoms with Gasteiger partial charge in [-0.05, 0) is 31.2 Å². The number of hydrogen-bond donors (Lipinski definition) is 1. The van der Waals surface area contributed by atoms with Crippen molar-refractivity contribution in [2.75, 3.05) is 0 Å². The molecule has 1 aromatic rings. The van der Waals surface area contributed by atoms with Gasteiger partial charge >= 0.3 is 0 Å². The zero-order valence-corrected chi connectivity index (χ0v) is 12.2. The Morgan fingerprint density at radius 1 is 1.37 bits per heavy atom. The van der Waals surface area contributed by atoms with E-state index in [2.05, 4.69) is 19.2 Å². The van der Waals surface area contributed by atoms with Crippen LogP contribution in [0.15, 0.2) is 23.1 Å². The fraction of sp³-hybridized carbons (Fsp3) is 0.688. The fourth-order valence-electron chi connectivity index (χ4n) is 2.68. The molecule has 3 heteroatoms. The van der Waals surface area contributed by atoms with Gasteiger partial charge in [-0.3, -0.25) is 4.79 Å². The van der Waals surface area contributed by atoms with Crippen molar-refractivity contribution in [3.63, 3.8) is 0 Å². The number of pyridine rings is 1. The van der Waals surface area contributed by atoms with Crippen molar-refractivity contribution in [2.24, 2.45) is 5.92 Å². The van der Waals surface area contributed by atoms with E-state index in [1.54, 1.807) is 0 Å². The summed E-state index contributed by atoms with van der Waals surface area (Å²) in [6.07, 6.45) is 8.13. The molecule has 1 aliphatic rings. The highest BCUT2D eigenvalue weighted by Crippen LogP contribution is 2.17. The van der Waals surface area contributed by atoms with Crippen LogP contribution in [0, 0.1) is 5.92 Å². The third kappa shape index (κ3) is 4.20. The zero-order chi connectivity index (χ0) is 13.7. The number of aryl methyl sites for hydroxylation is 1. The molecule has 1 N–H and O–H groups in total. The average molecular weight is 262 g/mol. The average Bonchev–Trinajstić information content (AvgIpc) is 2.89. The van der Waals surface area contributed by atoms with Gasteiger partial charge in [0.2, 0.25) is 0 Å². The molecule has 0 amide bonds. The second-order valence-electron chi connectivity index (χ2n) is 6.08. The Labute approximate surface area is 116 Å². The molecular formula is C16H26N2O. The first kappa shape index (κ1) is 14.3. The molecule has 0 aliphatic heterocycles. The highest BCUT2D eigenvalue weighted by molar-refractivity contribution is 5.10. The smallest absolute Gasteiger partial charge is 0.255 e. The second kappa shape index (κ2) is 6.90. The van der Waals surface area contributed by atoms with E-state index in [-0.39, 0.29) is 5.56 Å². The molecule has 1 aromatic heterocycles. The number of aromatic nitrogens is 1. The molecule has 1 fully saturated rings. The minimum atomic E-state index is 0.175. The monoisotopic (exact) mass is 262 g/mol. The van der Waals surface area contributed by atoms with Gasteiger partial charge in [0, 0.05) is 30.9 Å². The predicted molar refractivity (Wildman–Crippen MR) is 79.3 cm³/mol. The van der Waals surface area contributed by atoms with Crippen LogP contribution in [0.3, 0.4) is 0 Å². The maximum absolute atomic E-state index is 12.3. The zero-order valence-electron chi connectivity index (χ0n) is 12.2. The van der Waals surface area contributed by atoms with Gasteiger partial charge in [0.15, 0.2) is 0 Å². The Bertz CT molecular complexity index is 444. The molecule has 19 heavy (non-hydrogen) atoms.